The zero-order chi connectivity index (χ0) is 24.0. The third-order valence-electron chi connectivity index (χ3n) is 4.20. The van der Waals surface area contributed by atoms with Gasteiger partial charge in [0.1, 0.15) is 11.3 Å². The summed E-state index contributed by atoms with van der Waals surface area (Å²) in [5.41, 5.74) is -0.251. The molecule has 174 valence electrons. The Morgan fingerprint density at radius 3 is 1.91 bits per heavy atom. The molecule has 1 aromatic carbocycles. The number of para-hydroxylation sites is 1. The van der Waals surface area contributed by atoms with Gasteiger partial charge in [0.05, 0.1) is 7.11 Å². The SMILES string of the molecule is COC(=O)[C@H]1O[C@H](Oc2ccccc2C(=O)O)[C@@H](OC(C)=O)[C@H](OC(C)=O)[C@H]1OC(C)=O. The minimum atomic E-state index is -1.65. The second-order valence-electron chi connectivity index (χ2n) is 6.59. The Labute approximate surface area is 182 Å². The van der Waals surface area contributed by atoms with E-state index in [1.54, 1.807) is 0 Å². The summed E-state index contributed by atoms with van der Waals surface area (Å²) >= 11 is 0. The van der Waals surface area contributed by atoms with E-state index in [4.69, 9.17) is 23.7 Å². The fourth-order valence-electron chi connectivity index (χ4n) is 3.05. The van der Waals surface area contributed by atoms with Crippen LogP contribution in [0.2, 0.25) is 0 Å². The Morgan fingerprint density at radius 2 is 1.38 bits per heavy atom. The summed E-state index contributed by atoms with van der Waals surface area (Å²) in [7, 11) is 1.05. The number of benzene rings is 1. The van der Waals surface area contributed by atoms with Gasteiger partial charge in [0.2, 0.25) is 12.4 Å². The summed E-state index contributed by atoms with van der Waals surface area (Å²) in [4.78, 5) is 59.0. The Morgan fingerprint density at radius 1 is 0.844 bits per heavy atom. The van der Waals surface area contributed by atoms with E-state index in [9.17, 15) is 29.1 Å². The first-order valence-electron chi connectivity index (χ1n) is 9.29. The van der Waals surface area contributed by atoms with E-state index in [2.05, 4.69) is 4.74 Å². The lowest BCUT2D eigenvalue weighted by Crippen LogP contribution is -2.64. The fraction of sp³-hybridized carbons (Fsp3) is 0.450. The molecule has 1 aliphatic heterocycles. The monoisotopic (exact) mass is 454 g/mol. The molecule has 5 atom stereocenters. The smallest absolute Gasteiger partial charge is 0.339 e. The molecule has 1 N–H and O–H groups in total. The van der Waals surface area contributed by atoms with Gasteiger partial charge in [-0.25, -0.2) is 9.59 Å². The van der Waals surface area contributed by atoms with Crippen molar-refractivity contribution in [2.45, 2.75) is 51.5 Å². The van der Waals surface area contributed by atoms with Crippen molar-refractivity contribution in [3.8, 4) is 5.75 Å². The molecule has 1 saturated heterocycles. The van der Waals surface area contributed by atoms with Crippen molar-refractivity contribution in [3.05, 3.63) is 29.8 Å². The molecule has 0 aliphatic carbocycles. The molecular weight excluding hydrogens is 432 g/mol. The lowest BCUT2D eigenvalue weighted by atomic mass is 9.97. The first-order chi connectivity index (χ1) is 15.0. The van der Waals surface area contributed by atoms with Gasteiger partial charge in [-0.15, -0.1) is 0 Å². The van der Waals surface area contributed by atoms with Gasteiger partial charge in [-0.2, -0.15) is 0 Å². The number of ether oxygens (including phenoxy) is 6. The van der Waals surface area contributed by atoms with Gasteiger partial charge in [0.15, 0.2) is 18.3 Å². The Kier molecular flexibility index (Phi) is 8.13. The van der Waals surface area contributed by atoms with Crippen LogP contribution < -0.4 is 4.74 Å². The highest BCUT2D eigenvalue weighted by Gasteiger charge is 2.56. The number of carbonyl (C=O) groups is 5. The van der Waals surface area contributed by atoms with E-state index in [0.717, 1.165) is 27.9 Å². The number of hydrogen-bond acceptors (Lipinski definition) is 11. The summed E-state index contributed by atoms with van der Waals surface area (Å²) in [5.74, 6) is -5.04. The standard InChI is InChI=1S/C20H22O12/c1-9(21)28-14-15(29-10(2)22)17(30-11(3)23)20(32-16(14)19(26)27-4)31-13-8-6-5-7-12(13)18(24)25/h5-8,14-17,20H,1-4H3,(H,24,25)/t14-,15-,16+,17+,20+/m1/s1. The van der Waals surface area contributed by atoms with E-state index < -0.39 is 60.6 Å². The quantitative estimate of drug-likeness (QED) is 0.448. The van der Waals surface area contributed by atoms with Crippen LogP contribution in [0.5, 0.6) is 5.75 Å². The Hall–Kier alpha value is -3.67. The van der Waals surface area contributed by atoms with Crippen molar-refractivity contribution in [1.82, 2.24) is 0 Å². The molecular formula is C20H22O12. The van der Waals surface area contributed by atoms with Crippen LogP contribution in [0.15, 0.2) is 24.3 Å². The number of carboxylic acids is 1. The molecule has 1 fully saturated rings. The zero-order valence-electron chi connectivity index (χ0n) is 17.6. The van der Waals surface area contributed by atoms with Gasteiger partial charge < -0.3 is 33.5 Å². The lowest BCUT2D eigenvalue weighted by molar-refractivity contribution is -0.282. The number of hydrogen-bond donors (Lipinski definition) is 1. The highest BCUT2D eigenvalue weighted by Crippen LogP contribution is 2.32. The van der Waals surface area contributed by atoms with Crippen LogP contribution in [-0.4, -0.2) is 72.8 Å². The van der Waals surface area contributed by atoms with Crippen LogP contribution in [0.4, 0.5) is 0 Å². The predicted molar refractivity (Wildman–Crippen MR) is 101 cm³/mol. The maximum Gasteiger partial charge on any atom is 0.339 e. The first-order valence-corrected chi connectivity index (χ1v) is 9.29. The molecule has 0 bridgehead atoms. The molecule has 0 unspecified atom stereocenters. The topological polar surface area (TPSA) is 161 Å². The molecule has 0 radical (unpaired) electrons. The van der Waals surface area contributed by atoms with Crippen molar-refractivity contribution in [2.75, 3.05) is 7.11 Å². The van der Waals surface area contributed by atoms with Gasteiger partial charge in [-0.1, -0.05) is 12.1 Å². The number of carboxylic acid groups (broad SMARTS) is 1. The molecule has 12 nitrogen and oxygen atoms in total. The highest BCUT2D eigenvalue weighted by atomic mass is 16.7. The van der Waals surface area contributed by atoms with E-state index in [1.165, 1.54) is 24.3 Å². The van der Waals surface area contributed by atoms with E-state index in [1.807, 2.05) is 0 Å². The summed E-state index contributed by atoms with van der Waals surface area (Å²) in [6.45, 7) is 3.15. The van der Waals surface area contributed by atoms with Gasteiger partial charge >= 0.3 is 29.8 Å². The minimum absolute atomic E-state index is 0.182. The third kappa shape index (κ3) is 5.94. The number of carbonyl (C=O) groups excluding carboxylic acids is 4. The van der Waals surface area contributed by atoms with Crippen molar-refractivity contribution in [1.29, 1.82) is 0 Å². The highest BCUT2D eigenvalue weighted by molar-refractivity contribution is 5.90. The maximum atomic E-state index is 12.4. The Balaban J connectivity index is 2.56. The van der Waals surface area contributed by atoms with Crippen LogP contribution in [0.3, 0.4) is 0 Å². The summed E-state index contributed by atoms with van der Waals surface area (Å²) in [5, 5.41) is 9.39. The number of methoxy groups -OCH3 is 1. The lowest BCUT2D eigenvalue weighted by Gasteiger charge is -2.43. The summed E-state index contributed by atoms with van der Waals surface area (Å²) < 4.78 is 31.4. The van der Waals surface area contributed by atoms with Gasteiger partial charge in [-0.3, -0.25) is 14.4 Å². The number of esters is 4. The van der Waals surface area contributed by atoms with Crippen LogP contribution >= 0.6 is 0 Å². The van der Waals surface area contributed by atoms with Crippen molar-refractivity contribution in [3.63, 3.8) is 0 Å². The fourth-order valence-corrected chi connectivity index (χ4v) is 3.05. The normalized spacial score (nSPS) is 24.6. The molecule has 0 spiro atoms. The molecule has 0 saturated carbocycles. The maximum absolute atomic E-state index is 12.4. The molecule has 1 aliphatic rings. The van der Waals surface area contributed by atoms with Crippen molar-refractivity contribution in [2.24, 2.45) is 0 Å². The summed E-state index contributed by atoms with van der Waals surface area (Å²) in [6.07, 6.45) is -7.92. The van der Waals surface area contributed by atoms with Crippen LogP contribution in [0.1, 0.15) is 31.1 Å². The van der Waals surface area contributed by atoms with Gasteiger partial charge in [-0.05, 0) is 12.1 Å². The number of rotatable bonds is 7. The zero-order valence-corrected chi connectivity index (χ0v) is 17.6. The van der Waals surface area contributed by atoms with Crippen molar-refractivity contribution >= 4 is 29.8 Å². The predicted octanol–water partition coefficient (Wildman–Crippen LogP) is 0.457. The van der Waals surface area contributed by atoms with Crippen LogP contribution in [-0.2, 0) is 42.9 Å². The summed E-state index contributed by atoms with van der Waals surface area (Å²) in [6, 6.07) is 5.50. The van der Waals surface area contributed by atoms with E-state index >= 15 is 0 Å². The second kappa shape index (κ2) is 10.6. The molecule has 32 heavy (non-hydrogen) atoms. The molecule has 0 aromatic heterocycles. The third-order valence-corrected chi connectivity index (χ3v) is 4.20. The minimum Gasteiger partial charge on any atom is -0.478 e. The molecule has 12 heteroatoms. The largest absolute Gasteiger partial charge is 0.478 e. The first kappa shape index (κ1) is 24.6. The Bertz CT molecular complexity index is 894. The van der Waals surface area contributed by atoms with Gasteiger partial charge in [0, 0.05) is 20.8 Å². The van der Waals surface area contributed by atoms with Crippen LogP contribution in [0.25, 0.3) is 0 Å². The van der Waals surface area contributed by atoms with Crippen molar-refractivity contribution < 1.29 is 57.5 Å². The molecule has 0 amide bonds. The average molecular weight is 454 g/mol. The van der Waals surface area contributed by atoms with Crippen LogP contribution in [0, 0.1) is 0 Å². The molecule has 2 rings (SSSR count). The average Bonchev–Trinajstić information content (AvgIpc) is 2.70. The van der Waals surface area contributed by atoms with E-state index in [0.29, 0.717) is 0 Å². The van der Waals surface area contributed by atoms with Gasteiger partial charge in [0.25, 0.3) is 0 Å². The second-order valence-corrected chi connectivity index (χ2v) is 6.59. The molecule has 1 aromatic rings. The number of aromatic carboxylic acids is 1. The molecule has 1 heterocycles. The van der Waals surface area contributed by atoms with E-state index in [-0.39, 0.29) is 11.3 Å².